The number of hydrogen-bond donors (Lipinski definition) is 3. The van der Waals surface area contributed by atoms with Crippen molar-refractivity contribution in [1.29, 1.82) is 0 Å². The maximum Gasteiger partial charge on any atom is 0.278 e. The molecule has 1 aliphatic carbocycles. The van der Waals surface area contributed by atoms with Crippen molar-refractivity contribution >= 4 is 0 Å². The van der Waals surface area contributed by atoms with Gasteiger partial charge >= 0.3 is 0 Å². The molecule has 1 fully saturated rings. The Kier molecular flexibility index (Phi) is 3.09. The van der Waals surface area contributed by atoms with Crippen LogP contribution in [-0.4, -0.2) is 21.3 Å². The first-order valence-electron chi connectivity index (χ1n) is 4.69. The van der Waals surface area contributed by atoms with Gasteiger partial charge in [-0.05, 0) is 18.8 Å². The van der Waals surface area contributed by atoms with E-state index in [1.807, 2.05) is 0 Å². The monoisotopic (exact) mass is 174 g/mol. The maximum absolute atomic E-state index is 8.95. The molecule has 1 saturated carbocycles. The van der Waals surface area contributed by atoms with E-state index in [-0.39, 0.29) is 5.92 Å². The van der Waals surface area contributed by atoms with E-state index in [4.69, 9.17) is 15.3 Å². The molecule has 0 aromatic carbocycles. The van der Waals surface area contributed by atoms with Crippen LogP contribution in [0.15, 0.2) is 0 Å². The molecule has 0 amide bonds. The van der Waals surface area contributed by atoms with Gasteiger partial charge in [-0.1, -0.05) is 26.2 Å². The summed E-state index contributed by atoms with van der Waals surface area (Å²) in [7, 11) is 0. The van der Waals surface area contributed by atoms with Crippen molar-refractivity contribution in [3.63, 3.8) is 0 Å². The summed E-state index contributed by atoms with van der Waals surface area (Å²) < 4.78 is 0. The molecule has 0 aromatic heterocycles. The third-order valence-electron chi connectivity index (χ3n) is 2.97. The fourth-order valence-corrected chi connectivity index (χ4v) is 1.95. The first-order chi connectivity index (χ1) is 5.52. The first kappa shape index (κ1) is 9.96. The first-order valence-corrected chi connectivity index (χ1v) is 4.69. The van der Waals surface area contributed by atoms with Crippen LogP contribution < -0.4 is 0 Å². The second-order valence-corrected chi connectivity index (χ2v) is 3.87. The van der Waals surface area contributed by atoms with E-state index in [0.29, 0.717) is 0 Å². The van der Waals surface area contributed by atoms with E-state index in [2.05, 4.69) is 0 Å². The lowest BCUT2D eigenvalue weighted by molar-refractivity contribution is -0.347. The molecule has 3 nitrogen and oxygen atoms in total. The Labute approximate surface area is 73.0 Å². The third kappa shape index (κ3) is 2.44. The van der Waals surface area contributed by atoms with Crippen molar-refractivity contribution in [2.45, 2.75) is 45.0 Å². The standard InChI is InChI=1S/C9H18O3/c1-7(9(10,11)12)8-5-3-2-4-6-8/h7-8,10-12H,2-6H2,1H3. The Hall–Kier alpha value is -0.120. The highest BCUT2D eigenvalue weighted by molar-refractivity contribution is 4.74. The van der Waals surface area contributed by atoms with Gasteiger partial charge in [0, 0.05) is 5.92 Å². The van der Waals surface area contributed by atoms with Crippen LogP contribution in [0.5, 0.6) is 0 Å². The summed E-state index contributed by atoms with van der Waals surface area (Å²) in [6.45, 7) is 1.69. The summed E-state index contributed by atoms with van der Waals surface area (Å²) >= 11 is 0. The quantitative estimate of drug-likeness (QED) is 0.543. The van der Waals surface area contributed by atoms with Gasteiger partial charge in [0.05, 0.1) is 0 Å². The van der Waals surface area contributed by atoms with Crippen LogP contribution in [0.4, 0.5) is 0 Å². The van der Waals surface area contributed by atoms with Gasteiger partial charge in [0.2, 0.25) is 0 Å². The molecule has 1 atom stereocenters. The Balaban J connectivity index is 2.45. The third-order valence-corrected chi connectivity index (χ3v) is 2.97. The molecule has 1 aliphatic rings. The lowest BCUT2D eigenvalue weighted by Crippen LogP contribution is -2.40. The maximum atomic E-state index is 8.95. The molecule has 1 rings (SSSR count). The average Bonchev–Trinajstić information content (AvgIpc) is 2.03. The Morgan fingerprint density at radius 3 is 2.00 bits per heavy atom. The second-order valence-electron chi connectivity index (χ2n) is 3.87. The van der Waals surface area contributed by atoms with Gasteiger partial charge in [0.15, 0.2) is 0 Å². The van der Waals surface area contributed by atoms with Crippen molar-refractivity contribution in [2.75, 3.05) is 0 Å². The molecule has 0 radical (unpaired) electrons. The predicted molar refractivity (Wildman–Crippen MR) is 45.1 cm³/mol. The molecule has 0 heterocycles. The number of aliphatic hydroxyl groups is 3. The highest BCUT2D eigenvalue weighted by Gasteiger charge is 2.34. The summed E-state index contributed by atoms with van der Waals surface area (Å²) in [5, 5.41) is 26.8. The average molecular weight is 174 g/mol. The lowest BCUT2D eigenvalue weighted by atomic mass is 9.80. The zero-order chi connectivity index (χ0) is 9.19. The van der Waals surface area contributed by atoms with Crippen molar-refractivity contribution in [2.24, 2.45) is 11.8 Å². The topological polar surface area (TPSA) is 60.7 Å². The van der Waals surface area contributed by atoms with E-state index in [9.17, 15) is 0 Å². The van der Waals surface area contributed by atoms with Gasteiger partial charge in [-0.3, -0.25) is 0 Å². The van der Waals surface area contributed by atoms with Crippen LogP contribution in [0.25, 0.3) is 0 Å². The normalized spacial score (nSPS) is 24.0. The molecule has 1 unspecified atom stereocenters. The summed E-state index contributed by atoms with van der Waals surface area (Å²) in [6, 6.07) is 0. The van der Waals surface area contributed by atoms with E-state index in [1.165, 1.54) is 6.42 Å². The molecule has 0 aromatic rings. The van der Waals surface area contributed by atoms with Crippen molar-refractivity contribution < 1.29 is 15.3 Å². The van der Waals surface area contributed by atoms with Crippen LogP contribution in [0.1, 0.15) is 39.0 Å². The van der Waals surface area contributed by atoms with E-state index in [0.717, 1.165) is 25.7 Å². The number of hydrogen-bond acceptors (Lipinski definition) is 3. The minimum absolute atomic E-state index is 0.263. The SMILES string of the molecule is CC(C1CCCCC1)C(O)(O)O. The minimum Gasteiger partial charge on any atom is -0.343 e. The fraction of sp³-hybridized carbons (Fsp3) is 1.00. The van der Waals surface area contributed by atoms with Gasteiger partial charge in [-0.2, -0.15) is 0 Å². The number of rotatable bonds is 2. The van der Waals surface area contributed by atoms with E-state index >= 15 is 0 Å². The Bertz CT molecular complexity index is 133. The second kappa shape index (κ2) is 3.73. The molecular formula is C9H18O3. The van der Waals surface area contributed by atoms with Crippen molar-refractivity contribution in [3.8, 4) is 0 Å². The molecule has 0 spiro atoms. The van der Waals surface area contributed by atoms with Crippen LogP contribution in [-0.2, 0) is 0 Å². The molecule has 3 heteroatoms. The lowest BCUT2D eigenvalue weighted by Gasteiger charge is -2.32. The predicted octanol–water partition coefficient (Wildman–Crippen LogP) is 0.833. The molecule has 12 heavy (non-hydrogen) atoms. The molecule has 0 bridgehead atoms. The highest BCUT2D eigenvalue weighted by atomic mass is 16.7. The summed E-state index contributed by atoms with van der Waals surface area (Å²) in [4.78, 5) is 0. The fourth-order valence-electron chi connectivity index (χ4n) is 1.95. The van der Waals surface area contributed by atoms with Gasteiger partial charge in [0.25, 0.3) is 5.97 Å². The molecule has 0 aliphatic heterocycles. The molecule has 3 N–H and O–H groups in total. The van der Waals surface area contributed by atoms with Crippen molar-refractivity contribution in [3.05, 3.63) is 0 Å². The summed E-state index contributed by atoms with van der Waals surface area (Å²) in [5.41, 5.74) is 0. The van der Waals surface area contributed by atoms with Crippen LogP contribution in [0.3, 0.4) is 0 Å². The van der Waals surface area contributed by atoms with Gasteiger partial charge in [0.1, 0.15) is 0 Å². The Morgan fingerprint density at radius 1 is 1.08 bits per heavy atom. The smallest absolute Gasteiger partial charge is 0.278 e. The largest absolute Gasteiger partial charge is 0.343 e. The van der Waals surface area contributed by atoms with Gasteiger partial charge in [-0.15, -0.1) is 0 Å². The highest BCUT2D eigenvalue weighted by Crippen LogP contribution is 2.33. The minimum atomic E-state index is -2.48. The summed E-state index contributed by atoms with van der Waals surface area (Å²) in [6.07, 6.45) is 5.53. The van der Waals surface area contributed by atoms with E-state index < -0.39 is 11.9 Å². The van der Waals surface area contributed by atoms with E-state index in [1.54, 1.807) is 6.92 Å². The zero-order valence-electron chi connectivity index (χ0n) is 7.53. The van der Waals surface area contributed by atoms with Crippen LogP contribution in [0, 0.1) is 11.8 Å². The molecule has 72 valence electrons. The molecular weight excluding hydrogens is 156 g/mol. The van der Waals surface area contributed by atoms with Gasteiger partial charge in [-0.25, -0.2) is 0 Å². The zero-order valence-corrected chi connectivity index (χ0v) is 7.53. The summed E-state index contributed by atoms with van der Waals surface area (Å²) in [5.74, 6) is -2.65. The Morgan fingerprint density at radius 2 is 1.58 bits per heavy atom. The van der Waals surface area contributed by atoms with Crippen LogP contribution in [0.2, 0.25) is 0 Å². The van der Waals surface area contributed by atoms with Gasteiger partial charge < -0.3 is 15.3 Å². The van der Waals surface area contributed by atoms with Crippen molar-refractivity contribution in [1.82, 2.24) is 0 Å². The van der Waals surface area contributed by atoms with Crippen LogP contribution >= 0.6 is 0 Å². The molecule has 0 saturated heterocycles.